The highest BCUT2D eigenvalue weighted by Gasteiger charge is 2.49. The van der Waals surface area contributed by atoms with Crippen LogP contribution in [0.3, 0.4) is 0 Å². The third kappa shape index (κ3) is 3.12. The second kappa shape index (κ2) is 7.97. The number of hydrogen-bond acceptors (Lipinski definition) is 9. The van der Waals surface area contributed by atoms with Crippen LogP contribution in [-0.2, 0) is 9.53 Å². The van der Waals surface area contributed by atoms with Gasteiger partial charge >= 0.3 is 0 Å². The van der Waals surface area contributed by atoms with Gasteiger partial charge in [-0.25, -0.2) is 0 Å². The first-order valence-corrected chi connectivity index (χ1v) is 11.3. The molecule has 3 aliphatic heterocycles. The number of rotatable bonds is 4. The molecule has 5 heterocycles. The molecule has 6 rings (SSSR count). The van der Waals surface area contributed by atoms with E-state index in [0.717, 1.165) is 18.4 Å². The fourth-order valence-electron chi connectivity index (χ4n) is 4.75. The van der Waals surface area contributed by atoms with E-state index in [-0.39, 0.29) is 28.5 Å². The molecule has 0 N–H and O–H groups in total. The van der Waals surface area contributed by atoms with E-state index >= 15 is 0 Å². The number of aryl methyl sites for hydroxylation is 1. The highest BCUT2D eigenvalue weighted by Crippen LogP contribution is 2.46. The van der Waals surface area contributed by atoms with Crippen LogP contribution in [0.2, 0.25) is 5.02 Å². The Morgan fingerprint density at radius 1 is 1.32 bits per heavy atom. The second-order valence-corrected chi connectivity index (χ2v) is 8.84. The molecule has 3 atom stereocenters. The molecular weight excluding hydrogens is 460 g/mol. The number of anilines is 2. The van der Waals surface area contributed by atoms with E-state index in [2.05, 4.69) is 21.2 Å². The van der Waals surface area contributed by atoms with Crippen LogP contribution in [-0.4, -0.2) is 47.7 Å². The highest BCUT2D eigenvalue weighted by atomic mass is 35.5. The first-order valence-electron chi connectivity index (χ1n) is 10.9. The van der Waals surface area contributed by atoms with Crippen LogP contribution in [0, 0.1) is 18.3 Å². The zero-order valence-electron chi connectivity index (χ0n) is 18.1. The van der Waals surface area contributed by atoms with Crippen LogP contribution < -0.4 is 9.80 Å². The Labute approximate surface area is 199 Å². The van der Waals surface area contributed by atoms with Gasteiger partial charge in [0.25, 0.3) is 11.8 Å². The Morgan fingerprint density at radius 3 is 2.94 bits per heavy atom. The number of furan rings is 1. The lowest BCUT2D eigenvalue weighted by molar-refractivity contribution is -0.120. The monoisotopic (exact) mass is 478 g/mol. The van der Waals surface area contributed by atoms with Gasteiger partial charge in [0.05, 0.1) is 47.2 Å². The smallest absolute Gasteiger partial charge is 0.254 e. The molecule has 0 aliphatic carbocycles. The molecule has 10 nitrogen and oxygen atoms in total. The molecule has 1 amide bonds. The van der Waals surface area contributed by atoms with Gasteiger partial charge in [-0.2, -0.15) is 10.2 Å². The number of halogens is 1. The molecule has 0 saturated carbocycles. The Morgan fingerprint density at radius 2 is 2.21 bits per heavy atom. The summed E-state index contributed by atoms with van der Waals surface area (Å²) in [5, 5.41) is 14.1. The fraction of sp³-hybridized carbons (Fsp3) is 0.348. The predicted molar refractivity (Wildman–Crippen MR) is 122 cm³/mol. The molecule has 1 aromatic carbocycles. The van der Waals surface area contributed by atoms with Gasteiger partial charge in [0.2, 0.25) is 5.82 Å². The quantitative estimate of drug-likeness (QED) is 0.557. The Hall–Kier alpha value is -3.68. The topological polar surface area (TPSA) is 121 Å². The third-order valence-corrected chi connectivity index (χ3v) is 6.72. The number of aromatic nitrogens is 2. The van der Waals surface area contributed by atoms with Gasteiger partial charge < -0.3 is 23.5 Å². The van der Waals surface area contributed by atoms with Crippen LogP contribution >= 0.6 is 11.6 Å². The predicted octanol–water partition coefficient (Wildman–Crippen LogP) is 3.65. The lowest BCUT2D eigenvalue weighted by Gasteiger charge is -2.40. The van der Waals surface area contributed by atoms with Crippen molar-refractivity contribution in [3.05, 3.63) is 46.5 Å². The summed E-state index contributed by atoms with van der Waals surface area (Å²) in [5.74, 6) is 0.767. The van der Waals surface area contributed by atoms with Crippen molar-refractivity contribution in [2.75, 3.05) is 23.0 Å². The van der Waals surface area contributed by atoms with E-state index in [9.17, 15) is 10.1 Å². The zero-order valence-corrected chi connectivity index (χ0v) is 18.9. The van der Waals surface area contributed by atoms with Gasteiger partial charge in [0.1, 0.15) is 12.1 Å². The van der Waals surface area contributed by atoms with Crippen molar-refractivity contribution >= 4 is 35.2 Å². The van der Waals surface area contributed by atoms with Crippen LogP contribution in [0.1, 0.15) is 35.9 Å². The first-order chi connectivity index (χ1) is 16.6. The van der Waals surface area contributed by atoms with E-state index < -0.39 is 12.1 Å². The van der Waals surface area contributed by atoms with Crippen molar-refractivity contribution in [3.8, 4) is 17.7 Å². The van der Waals surface area contributed by atoms with Crippen molar-refractivity contribution in [1.29, 1.82) is 5.26 Å². The Kier molecular flexibility index (Phi) is 4.90. The summed E-state index contributed by atoms with van der Waals surface area (Å²) >= 11 is 6.34. The molecule has 11 heteroatoms. The minimum Gasteiger partial charge on any atom is -0.461 e. The standard InChI is InChI=1S/C23H19ClN6O4/c1-12-6-8-33-20(12)21-27-22(34-28-21)17-19-23(31)29(10-13-3-2-7-32-13)18-14(9-25)15(24)4-5-16(18)30(19)11-26-17/h4-6,8,11,13,17,19H,2-3,7,10H2,1H3. The molecule has 34 heavy (non-hydrogen) atoms. The first kappa shape index (κ1) is 20.9. The van der Waals surface area contributed by atoms with E-state index in [1.165, 1.54) is 0 Å². The maximum atomic E-state index is 13.9. The molecule has 1 fully saturated rings. The molecule has 3 unspecified atom stereocenters. The minimum absolute atomic E-state index is 0.119. The van der Waals surface area contributed by atoms with Crippen molar-refractivity contribution in [2.24, 2.45) is 4.99 Å². The van der Waals surface area contributed by atoms with Crippen molar-refractivity contribution in [1.82, 2.24) is 10.1 Å². The van der Waals surface area contributed by atoms with Gasteiger partial charge in [-0.1, -0.05) is 16.8 Å². The number of ether oxygens (including phenoxy) is 1. The number of amides is 1. The summed E-state index contributed by atoms with van der Waals surface area (Å²) in [7, 11) is 0. The van der Waals surface area contributed by atoms with Crippen molar-refractivity contribution in [2.45, 2.75) is 38.0 Å². The van der Waals surface area contributed by atoms with Gasteiger partial charge in [0, 0.05) is 6.61 Å². The normalized spacial score (nSPS) is 23.3. The van der Waals surface area contributed by atoms with Crippen molar-refractivity contribution < 1.29 is 18.5 Å². The molecule has 3 aliphatic rings. The molecule has 0 spiro atoms. The van der Waals surface area contributed by atoms with E-state index in [1.807, 2.05) is 13.0 Å². The molecular formula is C23H19ClN6O4. The average molecular weight is 479 g/mol. The zero-order chi connectivity index (χ0) is 23.4. The molecule has 3 aromatic rings. The Balaban J connectivity index is 1.41. The van der Waals surface area contributed by atoms with Gasteiger partial charge in [0.15, 0.2) is 11.8 Å². The van der Waals surface area contributed by atoms with Crippen LogP contribution in [0.25, 0.3) is 11.6 Å². The second-order valence-electron chi connectivity index (χ2n) is 8.44. The maximum Gasteiger partial charge on any atom is 0.254 e. The number of benzene rings is 1. The number of carbonyl (C=O) groups excluding carboxylic acids is 1. The lowest BCUT2D eigenvalue weighted by atomic mass is 9.98. The molecule has 172 valence electrons. The number of hydrogen-bond donors (Lipinski definition) is 0. The van der Waals surface area contributed by atoms with Crippen LogP contribution in [0.5, 0.6) is 0 Å². The number of carbonyl (C=O) groups is 1. The SMILES string of the molecule is Cc1ccoc1-c1noc(C2N=CN3c4ccc(Cl)c(C#N)c4N(CC4CCCO4)C(=O)C23)n1. The number of fused-ring (bicyclic) bond motifs is 3. The largest absolute Gasteiger partial charge is 0.461 e. The lowest BCUT2D eigenvalue weighted by Crippen LogP contribution is -2.54. The summed E-state index contributed by atoms with van der Waals surface area (Å²) in [5.41, 5.74) is 2.25. The van der Waals surface area contributed by atoms with E-state index in [1.54, 1.807) is 34.5 Å². The number of nitriles is 1. The Bertz CT molecular complexity index is 1350. The fourth-order valence-corrected chi connectivity index (χ4v) is 4.94. The third-order valence-electron chi connectivity index (χ3n) is 6.41. The van der Waals surface area contributed by atoms with E-state index in [4.69, 9.17) is 25.3 Å². The average Bonchev–Trinajstić information content (AvgIpc) is 3.63. The number of aliphatic imine (C=N–C) groups is 1. The number of nitrogens with zero attached hydrogens (tertiary/aromatic N) is 6. The maximum absolute atomic E-state index is 13.9. The summed E-state index contributed by atoms with van der Waals surface area (Å²) in [6.45, 7) is 2.85. The molecule has 0 radical (unpaired) electrons. The molecule has 2 aromatic heterocycles. The van der Waals surface area contributed by atoms with Crippen LogP contribution in [0.15, 0.2) is 38.4 Å². The minimum atomic E-state index is -0.743. The summed E-state index contributed by atoms with van der Waals surface area (Å²) < 4.78 is 16.8. The summed E-state index contributed by atoms with van der Waals surface area (Å²) in [6.07, 6.45) is 4.78. The van der Waals surface area contributed by atoms with Gasteiger partial charge in [-0.15, -0.1) is 0 Å². The molecule has 1 saturated heterocycles. The highest BCUT2D eigenvalue weighted by molar-refractivity contribution is 6.33. The summed E-state index contributed by atoms with van der Waals surface area (Å²) in [4.78, 5) is 26.3. The van der Waals surface area contributed by atoms with Gasteiger partial charge in [-0.3, -0.25) is 9.79 Å². The summed E-state index contributed by atoms with van der Waals surface area (Å²) in [6, 6.07) is 5.95. The van der Waals surface area contributed by atoms with Crippen molar-refractivity contribution in [3.63, 3.8) is 0 Å². The molecule has 0 bridgehead atoms. The van der Waals surface area contributed by atoms with Gasteiger partial charge in [-0.05, 0) is 43.5 Å². The van der Waals surface area contributed by atoms with E-state index in [0.29, 0.717) is 36.1 Å². The van der Waals surface area contributed by atoms with Crippen LogP contribution in [0.4, 0.5) is 11.4 Å².